The fourth-order valence-electron chi connectivity index (χ4n) is 5.06. The predicted octanol–water partition coefficient (Wildman–Crippen LogP) is 6.18. The van der Waals surface area contributed by atoms with E-state index in [1.54, 1.807) is 0 Å². The van der Waals surface area contributed by atoms with Gasteiger partial charge in [0.15, 0.2) is 0 Å². The second-order valence-electron chi connectivity index (χ2n) is 9.43. The molecule has 1 aliphatic carbocycles. The van der Waals surface area contributed by atoms with Gasteiger partial charge in [-0.25, -0.2) is 0 Å². The molecule has 3 nitrogen and oxygen atoms in total. The van der Waals surface area contributed by atoms with Crippen LogP contribution >= 0.6 is 11.8 Å². The summed E-state index contributed by atoms with van der Waals surface area (Å²) in [6.45, 7) is 7.82. The maximum Gasteiger partial charge on any atom is 0.0944 e. The molecular weight excluding hydrogens is 410 g/mol. The van der Waals surface area contributed by atoms with Gasteiger partial charge in [0.1, 0.15) is 0 Å². The number of piperazine rings is 1. The number of rotatable bonds is 5. The largest absolute Gasteiger partial charge is 0.366 e. The predicted molar refractivity (Wildman–Crippen MR) is 138 cm³/mol. The molecule has 0 radical (unpaired) electrons. The molecule has 0 spiro atoms. The highest BCUT2D eigenvalue weighted by Gasteiger charge is 2.33. The molecule has 3 aliphatic heterocycles. The van der Waals surface area contributed by atoms with E-state index < -0.39 is 0 Å². The summed E-state index contributed by atoms with van der Waals surface area (Å²) in [7, 11) is 2.29. The van der Waals surface area contributed by atoms with E-state index in [2.05, 4.69) is 79.2 Å². The third-order valence-corrected chi connectivity index (χ3v) is 8.35. The van der Waals surface area contributed by atoms with E-state index in [-0.39, 0.29) is 0 Å². The van der Waals surface area contributed by atoms with Crippen LogP contribution in [-0.2, 0) is 12.2 Å². The molecule has 4 heteroatoms. The van der Waals surface area contributed by atoms with Gasteiger partial charge in [-0.1, -0.05) is 56.3 Å². The van der Waals surface area contributed by atoms with E-state index in [0.717, 1.165) is 31.8 Å². The number of allylic oxidation sites excluding steroid dienone is 1. The van der Waals surface area contributed by atoms with Crippen LogP contribution in [-0.4, -0.2) is 42.6 Å². The molecule has 0 amide bonds. The normalized spacial score (nSPS) is 19.3. The first kappa shape index (κ1) is 21.5. The molecule has 5 rings (SSSR count). The Kier molecular flexibility index (Phi) is 6.25. The summed E-state index contributed by atoms with van der Waals surface area (Å²) in [5.41, 5.74) is 8.19. The van der Waals surface area contributed by atoms with Crippen LogP contribution in [0.1, 0.15) is 37.0 Å². The number of hydrogen-bond acceptors (Lipinski definition) is 4. The lowest BCUT2D eigenvalue weighted by molar-refractivity contribution is 0.208. The van der Waals surface area contributed by atoms with Crippen molar-refractivity contribution >= 4 is 23.5 Å². The van der Waals surface area contributed by atoms with Gasteiger partial charge in [-0.05, 0) is 54.0 Å². The first-order valence-corrected chi connectivity index (χ1v) is 12.8. The van der Waals surface area contributed by atoms with Crippen molar-refractivity contribution in [1.82, 2.24) is 9.88 Å². The van der Waals surface area contributed by atoms with E-state index in [1.165, 1.54) is 45.0 Å². The number of likely N-dealkylation sites (N-methyl/N-ethyl adjacent to an activating group) is 1. The molecule has 32 heavy (non-hydrogen) atoms. The van der Waals surface area contributed by atoms with Gasteiger partial charge in [0.2, 0.25) is 0 Å². The molecule has 1 atom stereocenters. The van der Waals surface area contributed by atoms with E-state index in [9.17, 15) is 0 Å². The lowest BCUT2D eigenvalue weighted by Crippen LogP contribution is -2.51. The standard InChI is InChI=1S/C28H33N3S/c1-20(2)26-17-24-25(19-32-26)23-11-7-8-14-29-27(23)28(24)31-16-15-30(3)22(18-31)13-12-21-9-5-4-6-10-21/h4-11,14,17,20,22H,12-13,15-16,18-19H2,1-3H3/t22-/m0/s1. The maximum absolute atomic E-state index is 4.94. The number of nitrogens with zero attached hydrogens (tertiary/aromatic N) is 3. The fourth-order valence-corrected chi connectivity index (χ4v) is 6.21. The van der Waals surface area contributed by atoms with Crippen LogP contribution in [0.5, 0.6) is 0 Å². The number of aryl methyl sites for hydroxylation is 1. The number of fused-ring (bicyclic) bond motifs is 3. The summed E-state index contributed by atoms with van der Waals surface area (Å²) in [6, 6.07) is 17.9. The lowest BCUT2D eigenvalue weighted by Gasteiger charge is -2.41. The SMILES string of the molecule is CC(C)C1=Cc2c(c3ccccnc-3c2N2CCN(C)[C@@H](CCc3ccccc3)C2)CS1. The third-order valence-electron chi connectivity index (χ3n) is 6.99. The number of anilines is 1. The van der Waals surface area contributed by atoms with Crippen molar-refractivity contribution in [3.63, 3.8) is 0 Å². The molecule has 0 saturated carbocycles. The van der Waals surface area contributed by atoms with E-state index in [4.69, 9.17) is 4.98 Å². The Hall–Kier alpha value is -2.30. The Morgan fingerprint density at radius 3 is 2.69 bits per heavy atom. The Bertz CT molecular complexity index is 1080. The molecule has 0 N–H and O–H groups in total. The zero-order chi connectivity index (χ0) is 22.1. The first-order chi connectivity index (χ1) is 15.6. The van der Waals surface area contributed by atoms with E-state index in [1.807, 2.05) is 24.0 Å². The summed E-state index contributed by atoms with van der Waals surface area (Å²) in [6.07, 6.45) is 6.73. The van der Waals surface area contributed by atoms with Gasteiger partial charge in [0.25, 0.3) is 0 Å². The highest BCUT2D eigenvalue weighted by molar-refractivity contribution is 8.02. The number of hydrogen-bond donors (Lipinski definition) is 0. The van der Waals surface area contributed by atoms with E-state index in [0.29, 0.717) is 12.0 Å². The molecule has 3 heterocycles. The molecule has 0 aromatic heterocycles. The van der Waals surface area contributed by atoms with Crippen molar-refractivity contribution in [2.24, 2.45) is 5.92 Å². The minimum absolute atomic E-state index is 0.550. The average molecular weight is 444 g/mol. The van der Waals surface area contributed by atoms with Crippen LogP contribution in [0, 0.1) is 5.92 Å². The summed E-state index contributed by atoms with van der Waals surface area (Å²) in [5, 5.41) is 0. The monoisotopic (exact) mass is 443 g/mol. The van der Waals surface area contributed by atoms with Crippen molar-refractivity contribution in [2.45, 2.75) is 38.5 Å². The summed E-state index contributed by atoms with van der Waals surface area (Å²) in [4.78, 5) is 11.6. The minimum atomic E-state index is 0.550. The second kappa shape index (κ2) is 9.29. The Morgan fingerprint density at radius 1 is 1.06 bits per heavy atom. The molecule has 1 aromatic rings. The van der Waals surface area contributed by atoms with Crippen LogP contribution in [0.15, 0.2) is 59.6 Å². The average Bonchev–Trinajstić information content (AvgIpc) is 2.94. The van der Waals surface area contributed by atoms with Crippen LogP contribution in [0.4, 0.5) is 5.69 Å². The Balaban J connectivity index is 1.48. The maximum atomic E-state index is 4.94. The highest BCUT2D eigenvalue weighted by atomic mass is 32.2. The summed E-state index contributed by atoms with van der Waals surface area (Å²) in [5.74, 6) is 1.61. The van der Waals surface area contributed by atoms with Gasteiger partial charge in [-0.15, -0.1) is 11.8 Å². The first-order valence-electron chi connectivity index (χ1n) is 11.8. The quantitative estimate of drug-likeness (QED) is 0.468. The Labute approximate surface area is 196 Å². The van der Waals surface area contributed by atoms with Crippen LogP contribution in [0.2, 0.25) is 0 Å². The summed E-state index contributed by atoms with van der Waals surface area (Å²) >= 11 is 2.00. The van der Waals surface area contributed by atoms with Crippen molar-refractivity contribution in [3.8, 4) is 11.3 Å². The van der Waals surface area contributed by atoms with Gasteiger partial charge in [0.05, 0.1) is 11.4 Å². The van der Waals surface area contributed by atoms with Gasteiger partial charge in [0, 0.05) is 48.8 Å². The van der Waals surface area contributed by atoms with Gasteiger partial charge < -0.3 is 4.90 Å². The topological polar surface area (TPSA) is 19.4 Å². The molecule has 166 valence electrons. The van der Waals surface area contributed by atoms with Crippen LogP contribution < -0.4 is 4.90 Å². The van der Waals surface area contributed by atoms with E-state index >= 15 is 0 Å². The molecular formula is C28H33N3S. The van der Waals surface area contributed by atoms with Crippen LogP contribution in [0.3, 0.4) is 0 Å². The molecule has 4 aliphatic rings. The van der Waals surface area contributed by atoms with Crippen molar-refractivity contribution < 1.29 is 0 Å². The van der Waals surface area contributed by atoms with Crippen molar-refractivity contribution in [3.05, 3.63) is 76.3 Å². The zero-order valence-corrected chi connectivity index (χ0v) is 20.2. The van der Waals surface area contributed by atoms with Gasteiger partial charge in [-0.2, -0.15) is 0 Å². The van der Waals surface area contributed by atoms with Gasteiger partial charge >= 0.3 is 0 Å². The number of thioether (sulfide) groups is 1. The molecule has 1 aromatic carbocycles. The van der Waals surface area contributed by atoms with Gasteiger partial charge in [-0.3, -0.25) is 9.88 Å². The minimum Gasteiger partial charge on any atom is -0.366 e. The fraction of sp³-hybridized carbons (Fsp3) is 0.393. The van der Waals surface area contributed by atoms with Crippen molar-refractivity contribution in [2.75, 3.05) is 31.6 Å². The van der Waals surface area contributed by atoms with Crippen LogP contribution in [0.25, 0.3) is 17.3 Å². The number of aromatic nitrogens is 1. The molecule has 1 saturated heterocycles. The Morgan fingerprint density at radius 2 is 1.88 bits per heavy atom. The lowest BCUT2D eigenvalue weighted by atomic mass is 10.0. The second-order valence-corrected chi connectivity index (χ2v) is 10.5. The smallest absolute Gasteiger partial charge is 0.0944 e. The molecule has 0 unspecified atom stereocenters. The molecule has 0 bridgehead atoms. The third kappa shape index (κ3) is 4.18. The number of benzene rings is 1. The highest BCUT2D eigenvalue weighted by Crippen LogP contribution is 2.49. The molecule has 1 fully saturated rings. The van der Waals surface area contributed by atoms with Crippen molar-refractivity contribution in [1.29, 1.82) is 0 Å². The summed E-state index contributed by atoms with van der Waals surface area (Å²) < 4.78 is 0. The zero-order valence-electron chi connectivity index (χ0n) is 19.4.